The lowest BCUT2D eigenvalue weighted by Crippen LogP contribution is -2.38. The predicted octanol–water partition coefficient (Wildman–Crippen LogP) is 3.32. The molecule has 0 fully saturated rings. The third-order valence-corrected chi connectivity index (χ3v) is 4.56. The summed E-state index contributed by atoms with van der Waals surface area (Å²) in [6.07, 6.45) is 0.102. The topological polar surface area (TPSA) is 84.3 Å². The van der Waals surface area contributed by atoms with Crippen LogP contribution in [0.3, 0.4) is 0 Å². The van der Waals surface area contributed by atoms with Crippen LogP contribution >= 0.6 is 0 Å². The van der Waals surface area contributed by atoms with Crippen LogP contribution in [0.1, 0.15) is 38.0 Å². The van der Waals surface area contributed by atoms with Crippen molar-refractivity contribution in [3.8, 4) is 17.2 Å². The van der Waals surface area contributed by atoms with Crippen molar-refractivity contribution in [2.75, 3.05) is 33.9 Å². The standard InChI is InChI=1S/C24H35N3O4/c1-6-25-24(26-13-12-19-15-20(29-4)10-11-23(19)30-5)27-16-22(28)18-8-7-9-21(14-18)31-17(2)3/h7-11,14-15,17,22,28H,6,12-13,16H2,1-5H3,(H2,25,26,27). The summed E-state index contributed by atoms with van der Waals surface area (Å²) in [4.78, 5) is 4.54. The summed E-state index contributed by atoms with van der Waals surface area (Å²) in [6, 6.07) is 13.3. The Bertz CT molecular complexity index is 839. The molecule has 2 aromatic carbocycles. The summed E-state index contributed by atoms with van der Waals surface area (Å²) in [5.41, 5.74) is 1.83. The van der Waals surface area contributed by atoms with E-state index >= 15 is 0 Å². The molecule has 2 rings (SSSR count). The summed E-state index contributed by atoms with van der Waals surface area (Å²) >= 11 is 0. The normalized spacial score (nSPS) is 12.4. The fraction of sp³-hybridized carbons (Fsp3) is 0.458. The molecular weight excluding hydrogens is 394 g/mol. The van der Waals surface area contributed by atoms with Gasteiger partial charge in [0.1, 0.15) is 17.2 Å². The predicted molar refractivity (Wildman–Crippen MR) is 124 cm³/mol. The van der Waals surface area contributed by atoms with E-state index in [4.69, 9.17) is 14.2 Å². The van der Waals surface area contributed by atoms with Gasteiger partial charge >= 0.3 is 0 Å². The summed E-state index contributed by atoms with van der Waals surface area (Å²) in [6.45, 7) is 7.57. The molecule has 0 aliphatic heterocycles. The monoisotopic (exact) mass is 429 g/mol. The Kier molecular flexibility index (Phi) is 9.97. The zero-order valence-corrected chi connectivity index (χ0v) is 19.1. The SMILES string of the molecule is CCNC(=NCC(O)c1cccc(OC(C)C)c1)NCCc1cc(OC)ccc1OC. The van der Waals surface area contributed by atoms with Crippen LogP contribution < -0.4 is 24.8 Å². The lowest BCUT2D eigenvalue weighted by Gasteiger charge is -2.15. The van der Waals surface area contributed by atoms with Gasteiger partial charge in [-0.1, -0.05) is 12.1 Å². The molecule has 7 nitrogen and oxygen atoms in total. The van der Waals surface area contributed by atoms with Crippen molar-refractivity contribution in [1.29, 1.82) is 0 Å². The van der Waals surface area contributed by atoms with Crippen molar-refractivity contribution in [1.82, 2.24) is 10.6 Å². The van der Waals surface area contributed by atoms with E-state index in [1.54, 1.807) is 14.2 Å². The highest BCUT2D eigenvalue weighted by molar-refractivity contribution is 5.79. The van der Waals surface area contributed by atoms with Gasteiger partial charge in [0.05, 0.1) is 33.0 Å². The molecule has 1 atom stereocenters. The largest absolute Gasteiger partial charge is 0.497 e. The van der Waals surface area contributed by atoms with Crippen LogP contribution in [0.4, 0.5) is 0 Å². The molecule has 31 heavy (non-hydrogen) atoms. The molecule has 3 N–H and O–H groups in total. The van der Waals surface area contributed by atoms with Gasteiger partial charge in [-0.15, -0.1) is 0 Å². The van der Waals surface area contributed by atoms with E-state index in [9.17, 15) is 5.11 Å². The number of ether oxygens (including phenoxy) is 3. The highest BCUT2D eigenvalue weighted by Gasteiger charge is 2.10. The molecule has 7 heteroatoms. The second-order valence-electron chi connectivity index (χ2n) is 7.33. The quantitative estimate of drug-likeness (QED) is 0.375. The highest BCUT2D eigenvalue weighted by Crippen LogP contribution is 2.24. The van der Waals surface area contributed by atoms with E-state index in [0.717, 1.165) is 41.3 Å². The average molecular weight is 430 g/mol. The van der Waals surface area contributed by atoms with Gasteiger partial charge in [-0.3, -0.25) is 4.99 Å². The number of rotatable bonds is 11. The number of hydrogen-bond acceptors (Lipinski definition) is 5. The zero-order valence-electron chi connectivity index (χ0n) is 19.1. The minimum atomic E-state index is -0.718. The van der Waals surface area contributed by atoms with E-state index in [-0.39, 0.29) is 12.6 Å². The molecule has 0 amide bonds. The van der Waals surface area contributed by atoms with Crippen molar-refractivity contribution >= 4 is 5.96 Å². The molecule has 0 spiro atoms. The molecular formula is C24H35N3O4. The number of nitrogens with zero attached hydrogens (tertiary/aromatic N) is 1. The number of aliphatic hydroxyl groups excluding tert-OH is 1. The molecule has 170 valence electrons. The van der Waals surface area contributed by atoms with Gasteiger partial charge in [0.15, 0.2) is 5.96 Å². The van der Waals surface area contributed by atoms with Crippen LogP contribution in [0.5, 0.6) is 17.2 Å². The van der Waals surface area contributed by atoms with Crippen LogP contribution in [0.25, 0.3) is 0 Å². The maximum absolute atomic E-state index is 10.6. The third kappa shape index (κ3) is 8.02. The second-order valence-corrected chi connectivity index (χ2v) is 7.33. The van der Waals surface area contributed by atoms with Crippen LogP contribution in [0, 0.1) is 0 Å². The van der Waals surface area contributed by atoms with Crippen molar-refractivity contribution in [3.63, 3.8) is 0 Å². The number of nitrogens with one attached hydrogen (secondary N) is 2. The molecule has 0 radical (unpaired) electrons. The van der Waals surface area contributed by atoms with E-state index < -0.39 is 6.10 Å². The third-order valence-electron chi connectivity index (χ3n) is 4.56. The minimum Gasteiger partial charge on any atom is -0.497 e. The number of guanidine groups is 1. The molecule has 1 unspecified atom stereocenters. The summed E-state index contributed by atoms with van der Waals surface area (Å²) in [5, 5.41) is 17.1. The van der Waals surface area contributed by atoms with E-state index in [0.29, 0.717) is 12.5 Å². The van der Waals surface area contributed by atoms with Gasteiger partial charge in [-0.2, -0.15) is 0 Å². The van der Waals surface area contributed by atoms with Crippen molar-refractivity contribution < 1.29 is 19.3 Å². The van der Waals surface area contributed by atoms with Gasteiger partial charge in [0, 0.05) is 13.1 Å². The Morgan fingerprint density at radius 1 is 1.03 bits per heavy atom. The Labute approximate surface area is 185 Å². The Morgan fingerprint density at radius 3 is 2.52 bits per heavy atom. The zero-order chi connectivity index (χ0) is 22.6. The van der Waals surface area contributed by atoms with E-state index in [1.165, 1.54) is 0 Å². The number of methoxy groups -OCH3 is 2. The lowest BCUT2D eigenvalue weighted by atomic mass is 10.1. The molecule has 0 heterocycles. The first-order valence-corrected chi connectivity index (χ1v) is 10.6. The minimum absolute atomic E-state index is 0.0816. The summed E-state index contributed by atoms with van der Waals surface area (Å²) < 4.78 is 16.5. The highest BCUT2D eigenvalue weighted by atomic mass is 16.5. The van der Waals surface area contributed by atoms with Crippen molar-refractivity contribution in [3.05, 3.63) is 53.6 Å². The molecule has 0 aliphatic carbocycles. The lowest BCUT2D eigenvalue weighted by molar-refractivity contribution is 0.185. The van der Waals surface area contributed by atoms with Crippen LogP contribution in [-0.4, -0.2) is 51.0 Å². The number of aliphatic imine (C=N–C) groups is 1. The van der Waals surface area contributed by atoms with Crippen molar-refractivity contribution in [2.45, 2.75) is 39.4 Å². The van der Waals surface area contributed by atoms with Gasteiger partial charge < -0.3 is 30.0 Å². The average Bonchev–Trinajstić information content (AvgIpc) is 2.76. The van der Waals surface area contributed by atoms with Gasteiger partial charge in [-0.25, -0.2) is 0 Å². The first-order chi connectivity index (χ1) is 15.0. The van der Waals surface area contributed by atoms with E-state index in [2.05, 4.69) is 15.6 Å². The van der Waals surface area contributed by atoms with Gasteiger partial charge in [0.2, 0.25) is 0 Å². The molecule has 0 aliphatic rings. The first kappa shape index (κ1) is 24.3. The maximum atomic E-state index is 10.6. The Hall–Kier alpha value is -2.93. The fourth-order valence-corrected chi connectivity index (χ4v) is 3.09. The van der Waals surface area contributed by atoms with Gasteiger partial charge in [-0.05, 0) is 68.7 Å². The molecule has 0 saturated heterocycles. The van der Waals surface area contributed by atoms with Gasteiger partial charge in [0.25, 0.3) is 0 Å². The molecule has 0 bridgehead atoms. The molecule has 0 saturated carbocycles. The van der Waals surface area contributed by atoms with Crippen LogP contribution in [-0.2, 0) is 6.42 Å². The van der Waals surface area contributed by atoms with E-state index in [1.807, 2.05) is 63.2 Å². The number of hydrogen-bond donors (Lipinski definition) is 3. The second kappa shape index (κ2) is 12.7. The molecule has 0 aromatic heterocycles. The number of aliphatic hydroxyl groups is 1. The smallest absolute Gasteiger partial charge is 0.191 e. The number of benzene rings is 2. The van der Waals surface area contributed by atoms with Crippen LogP contribution in [0.15, 0.2) is 47.5 Å². The van der Waals surface area contributed by atoms with Crippen molar-refractivity contribution in [2.24, 2.45) is 4.99 Å². The first-order valence-electron chi connectivity index (χ1n) is 10.6. The summed E-state index contributed by atoms with van der Waals surface area (Å²) in [5.74, 6) is 3.01. The molecule has 2 aromatic rings. The summed E-state index contributed by atoms with van der Waals surface area (Å²) in [7, 11) is 3.31. The Balaban J connectivity index is 1.97. The maximum Gasteiger partial charge on any atom is 0.191 e. The fourth-order valence-electron chi connectivity index (χ4n) is 3.09. The Morgan fingerprint density at radius 2 is 1.84 bits per heavy atom. The van der Waals surface area contributed by atoms with Crippen LogP contribution in [0.2, 0.25) is 0 Å².